The van der Waals surface area contributed by atoms with Gasteiger partial charge in [0.1, 0.15) is 0 Å². The van der Waals surface area contributed by atoms with E-state index < -0.39 is 0 Å². The summed E-state index contributed by atoms with van der Waals surface area (Å²) in [7, 11) is 1.91. The lowest BCUT2D eigenvalue weighted by Gasteiger charge is -2.21. The smallest absolute Gasteiger partial charge is 0.229 e. The van der Waals surface area contributed by atoms with Gasteiger partial charge in [0.15, 0.2) is 4.77 Å². The summed E-state index contributed by atoms with van der Waals surface area (Å²) in [5.74, 6) is 0.832. The Labute approximate surface area is 99.5 Å². The molecule has 0 unspecified atom stereocenters. The number of hydrogen-bond donors (Lipinski definition) is 1. The molecule has 0 aliphatic rings. The zero-order valence-corrected chi connectivity index (χ0v) is 10.2. The molecule has 0 spiro atoms. The van der Waals surface area contributed by atoms with E-state index in [0.29, 0.717) is 4.77 Å². The van der Waals surface area contributed by atoms with Crippen molar-refractivity contribution in [1.82, 2.24) is 14.8 Å². The Kier molecular flexibility index (Phi) is 3.05. The first-order valence-electron chi connectivity index (χ1n) is 5.18. The van der Waals surface area contributed by atoms with Gasteiger partial charge in [0.25, 0.3) is 0 Å². The van der Waals surface area contributed by atoms with Crippen LogP contribution in [0.4, 0.5) is 11.6 Å². The molecule has 5 heteroatoms. The highest BCUT2D eigenvalue weighted by molar-refractivity contribution is 7.71. The Morgan fingerprint density at radius 3 is 2.56 bits per heavy atom. The Morgan fingerprint density at radius 1 is 1.38 bits per heavy atom. The molecule has 2 rings (SSSR count). The predicted octanol–water partition coefficient (Wildman–Crippen LogP) is 2.64. The number of para-hydroxylation sites is 1. The van der Waals surface area contributed by atoms with E-state index in [4.69, 9.17) is 12.2 Å². The molecule has 1 aromatic heterocycles. The molecule has 4 nitrogen and oxygen atoms in total. The Morgan fingerprint density at radius 2 is 2.06 bits per heavy atom. The van der Waals surface area contributed by atoms with Crippen molar-refractivity contribution in [3.63, 3.8) is 0 Å². The summed E-state index contributed by atoms with van der Waals surface area (Å²) in [6, 6.07) is 10.1. The van der Waals surface area contributed by atoms with Crippen molar-refractivity contribution in [3.8, 4) is 0 Å². The highest BCUT2D eigenvalue weighted by Crippen LogP contribution is 2.21. The first-order valence-corrected chi connectivity index (χ1v) is 5.59. The molecule has 16 heavy (non-hydrogen) atoms. The minimum atomic E-state index is 0.629. The molecule has 0 bridgehead atoms. The second kappa shape index (κ2) is 4.49. The molecular formula is C11H14N4S. The zero-order valence-electron chi connectivity index (χ0n) is 9.34. The molecule has 0 aliphatic heterocycles. The summed E-state index contributed by atoms with van der Waals surface area (Å²) in [6.45, 7) is 2.93. The van der Waals surface area contributed by atoms with Gasteiger partial charge in [-0.05, 0) is 31.3 Å². The van der Waals surface area contributed by atoms with Crippen molar-refractivity contribution in [1.29, 1.82) is 0 Å². The van der Waals surface area contributed by atoms with Gasteiger partial charge in [0.2, 0.25) is 5.95 Å². The number of anilines is 2. The number of aromatic amines is 1. The van der Waals surface area contributed by atoms with Gasteiger partial charge < -0.3 is 4.90 Å². The molecule has 1 heterocycles. The van der Waals surface area contributed by atoms with Gasteiger partial charge in [-0.3, -0.25) is 4.57 Å². The highest BCUT2D eigenvalue weighted by atomic mass is 32.1. The van der Waals surface area contributed by atoms with Crippen LogP contribution in [0.25, 0.3) is 0 Å². The lowest BCUT2D eigenvalue weighted by molar-refractivity contribution is 0.843. The molecular weight excluding hydrogens is 220 g/mol. The molecule has 0 saturated carbocycles. The zero-order chi connectivity index (χ0) is 11.5. The maximum Gasteiger partial charge on any atom is 0.229 e. The Bertz CT molecular complexity index is 514. The van der Waals surface area contributed by atoms with Crippen LogP contribution in [0.2, 0.25) is 0 Å². The van der Waals surface area contributed by atoms with E-state index >= 15 is 0 Å². The SMILES string of the molecule is CCN(c1ccccc1)c1n[nH]c(=S)n1C. The number of H-pyrrole nitrogens is 1. The summed E-state index contributed by atoms with van der Waals surface area (Å²) < 4.78 is 2.50. The number of benzene rings is 1. The van der Waals surface area contributed by atoms with Crippen molar-refractivity contribution >= 4 is 23.9 Å². The molecule has 0 aliphatic carbocycles. The number of nitrogens with one attached hydrogen (secondary N) is 1. The van der Waals surface area contributed by atoms with Gasteiger partial charge in [-0.2, -0.15) is 0 Å². The lowest BCUT2D eigenvalue weighted by Crippen LogP contribution is -2.19. The number of rotatable bonds is 3. The van der Waals surface area contributed by atoms with Crippen LogP contribution in [-0.2, 0) is 7.05 Å². The number of aromatic nitrogens is 3. The summed E-state index contributed by atoms with van der Waals surface area (Å²) >= 11 is 5.11. The van der Waals surface area contributed by atoms with Crippen LogP contribution in [0.3, 0.4) is 0 Å². The van der Waals surface area contributed by atoms with E-state index in [1.54, 1.807) is 0 Å². The molecule has 0 atom stereocenters. The molecule has 0 amide bonds. The van der Waals surface area contributed by atoms with Crippen molar-refractivity contribution in [2.24, 2.45) is 7.05 Å². The average Bonchev–Trinajstić information content (AvgIpc) is 2.64. The van der Waals surface area contributed by atoms with Crippen LogP contribution in [0.1, 0.15) is 6.92 Å². The van der Waals surface area contributed by atoms with Crippen molar-refractivity contribution in [2.45, 2.75) is 6.92 Å². The highest BCUT2D eigenvalue weighted by Gasteiger charge is 2.12. The van der Waals surface area contributed by atoms with E-state index in [0.717, 1.165) is 18.2 Å². The summed E-state index contributed by atoms with van der Waals surface area (Å²) in [4.78, 5) is 2.10. The van der Waals surface area contributed by atoms with Gasteiger partial charge in [0, 0.05) is 19.3 Å². The molecule has 2 aromatic rings. The predicted molar refractivity (Wildman–Crippen MR) is 67.5 cm³/mol. The monoisotopic (exact) mass is 234 g/mol. The Balaban J connectivity index is 2.45. The maximum absolute atomic E-state index is 5.11. The quantitative estimate of drug-likeness (QED) is 0.829. The second-order valence-corrected chi connectivity index (χ2v) is 3.85. The van der Waals surface area contributed by atoms with Crippen LogP contribution >= 0.6 is 12.2 Å². The van der Waals surface area contributed by atoms with Crippen LogP contribution in [0.15, 0.2) is 30.3 Å². The fourth-order valence-corrected chi connectivity index (χ4v) is 1.75. The van der Waals surface area contributed by atoms with Crippen LogP contribution < -0.4 is 4.90 Å². The van der Waals surface area contributed by atoms with Gasteiger partial charge >= 0.3 is 0 Å². The molecule has 1 N–H and O–H groups in total. The van der Waals surface area contributed by atoms with E-state index in [-0.39, 0.29) is 0 Å². The normalized spacial score (nSPS) is 10.4. The third kappa shape index (κ3) is 1.86. The lowest BCUT2D eigenvalue weighted by atomic mass is 10.3. The van der Waals surface area contributed by atoms with Gasteiger partial charge in [-0.25, -0.2) is 5.10 Å². The summed E-state index contributed by atoms with van der Waals surface area (Å²) in [5, 5.41) is 7.03. The van der Waals surface area contributed by atoms with Crippen LogP contribution in [0, 0.1) is 4.77 Å². The molecule has 0 fully saturated rings. The van der Waals surface area contributed by atoms with E-state index in [1.165, 1.54) is 0 Å². The molecule has 84 valence electrons. The van der Waals surface area contributed by atoms with E-state index in [2.05, 4.69) is 34.2 Å². The third-order valence-electron chi connectivity index (χ3n) is 2.48. The van der Waals surface area contributed by atoms with Crippen LogP contribution in [-0.4, -0.2) is 21.3 Å². The van der Waals surface area contributed by atoms with Crippen LogP contribution in [0.5, 0.6) is 0 Å². The van der Waals surface area contributed by atoms with Gasteiger partial charge in [0.05, 0.1) is 0 Å². The number of nitrogens with zero attached hydrogens (tertiary/aromatic N) is 3. The fourth-order valence-electron chi connectivity index (χ4n) is 1.63. The number of hydrogen-bond acceptors (Lipinski definition) is 3. The fraction of sp³-hybridized carbons (Fsp3) is 0.273. The first-order chi connectivity index (χ1) is 7.74. The third-order valence-corrected chi connectivity index (χ3v) is 2.85. The van der Waals surface area contributed by atoms with Gasteiger partial charge in [-0.15, -0.1) is 5.10 Å². The molecule has 1 aromatic carbocycles. The standard InChI is InChI=1S/C11H14N4S/c1-3-15(9-7-5-4-6-8-9)10-12-13-11(16)14(10)2/h4-8H,3H2,1-2H3,(H,13,16). The largest absolute Gasteiger partial charge is 0.311 e. The van der Waals surface area contributed by atoms with E-state index in [1.807, 2.05) is 29.8 Å². The maximum atomic E-state index is 5.11. The van der Waals surface area contributed by atoms with E-state index in [9.17, 15) is 0 Å². The van der Waals surface area contributed by atoms with Crippen molar-refractivity contribution in [3.05, 3.63) is 35.1 Å². The first kappa shape index (κ1) is 10.9. The summed E-state index contributed by atoms with van der Waals surface area (Å²) in [6.07, 6.45) is 0. The molecule has 0 radical (unpaired) electrons. The minimum Gasteiger partial charge on any atom is -0.311 e. The van der Waals surface area contributed by atoms with Crippen molar-refractivity contribution < 1.29 is 0 Å². The molecule has 0 saturated heterocycles. The minimum absolute atomic E-state index is 0.629. The average molecular weight is 234 g/mol. The van der Waals surface area contributed by atoms with Crippen molar-refractivity contribution in [2.75, 3.05) is 11.4 Å². The topological polar surface area (TPSA) is 36.9 Å². The Hall–Kier alpha value is -1.62. The summed E-state index contributed by atoms with van der Waals surface area (Å²) in [5.41, 5.74) is 1.11. The van der Waals surface area contributed by atoms with Gasteiger partial charge in [-0.1, -0.05) is 18.2 Å². The second-order valence-electron chi connectivity index (χ2n) is 3.47.